The van der Waals surface area contributed by atoms with Gasteiger partial charge in [-0.25, -0.2) is 5.43 Å². The highest BCUT2D eigenvalue weighted by atomic mass is 35.5. The van der Waals surface area contributed by atoms with Crippen LogP contribution in [0.1, 0.15) is 11.1 Å². The molecule has 0 bridgehead atoms. The number of aromatic nitrogens is 4. The molecule has 0 aliphatic heterocycles. The maximum absolute atomic E-state index is 12.3. The van der Waals surface area contributed by atoms with Crippen molar-refractivity contribution in [3.8, 4) is 17.1 Å². The predicted octanol–water partition coefficient (Wildman–Crippen LogP) is 4.53. The molecule has 0 atom stereocenters. The number of nitrogens with zero attached hydrogens (tertiary/aromatic N) is 5. The smallest absolute Gasteiger partial charge is 0.250 e. The van der Waals surface area contributed by atoms with Crippen LogP contribution in [0.5, 0.6) is 0 Å². The van der Waals surface area contributed by atoms with Crippen molar-refractivity contribution in [1.29, 1.82) is 0 Å². The number of rotatable bonds is 7. The first-order valence-corrected chi connectivity index (χ1v) is 11.1. The van der Waals surface area contributed by atoms with Crippen LogP contribution in [-0.4, -0.2) is 37.6 Å². The van der Waals surface area contributed by atoms with Gasteiger partial charge in [0.15, 0.2) is 11.0 Å². The number of pyridine rings is 1. The summed E-state index contributed by atoms with van der Waals surface area (Å²) in [5, 5.41) is 13.9. The van der Waals surface area contributed by atoms with E-state index >= 15 is 0 Å². The van der Waals surface area contributed by atoms with Crippen molar-refractivity contribution >= 4 is 35.5 Å². The Kier molecular flexibility index (Phi) is 6.94. The van der Waals surface area contributed by atoms with E-state index in [4.69, 9.17) is 11.6 Å². The molecule has 2 aromatic carbocycles. The standard InChI is InChI=1S/C23H19ClN6OS/c1-16-3-2-4-17(13-16)14-26-27-21(31)15-32-23-29-28-22(18-9-11-25-12-10-18)30(23)20-7-5-19(24)6-8-20/h2-14H,15H2,1H3,(H,27,31)/b26-14-. The van der Waals surface area contributed by atoms with Crippen LogP contribution < -0.4 is 5.43 Å². The van der Waals surface area contributed by atoms with Crippen LogP contribution in [0.25, 0.3) is 17.1 Å². The molecule has 32 heavy (non-hydrogen) atoms. The fourth-order valence-electron chi connectivity index (χ4n) is 2.97. The van der Waals surface area contributed by atoms with Gasteiger partial charge in [-0.1, -0.05) is 53.2 Å². The molecule has 1 N–H and O–H groups in total. The summed E-state index contributed by atoms with van der Waals surface area (Å²) in [5.41, 5.74) is 6.30. The molecular formula is C23H19ClN6OS. The summed E-state index contributed by atoms with van der Waals surface area (Å²) in [5.74, 6) is 0.540. The van der Waals surface area contributed by atoms with E-state index in [2.05, 4.69) is 25.7 Å². The van der Waals surface area contributed by atoms with Gasteiger partial charge < -0.3 is 0 Å². The highest BCUT2D eigenvalue weighted by Gasteiger charge is 2.17. The summed E-state index contributed by atoms with van der Waals surface area (Å²) in [4.78, 5) is 16.4. The van der Waals surface area contributed by atoms with Gasteiger partial charge in [0.1, 0.15) is 0 Å². The van der Waals surface area contributed by atoms with Gasteiger partial charge in [0.2, 0.25) is 0 Å². The monoisotopic (exact) mass is 462 g/mol. The number of carbonyl (C=O) groups is 1. The lowest BCUT2D eigenvalue weighted by Crippen LogP contribution is -2.20. The summed E-state index contributed by atoms with van der Waals surface area (Å²) in [6.07, 6.45) is 5.01. The molecule has 2 heterocycles. The minimum absolute atomic E-state index is 0.132. The molecule has 2 aromatic heterocycles. The summed E-state index contributed by atoms with van der Waals surface area (Å²) >= 11 is 7.33. The van der Waals surface area contributed by atoms with Crippen LogP contribution in [0.2, 0.25) is 5.02 Å². The molecule has 4 aromatic rings. The zero-order chi connectivity index (χ0) is 22.3. The van der Waals surface area contributed by atoms with Gasteiger partial charge in [-0.05, 0) is 48.9 Å². The van der Waals surface area contributed by atoms with Crippen LogP contribution in [0.15, 0.2) is 83.3 Å². The van der Waals surface area contributed by atoms with E-state index in [-0.39, 0.29) is 11.7 Å². The molecule has 0 radical (unpaired) electrons. The molecule has 160 valence electrons. The molecule has 9 heteroatoms. The molecule has 0 aliphatic carbocycles. The van der Waals surface area contributed by atoms with Crippen molar-refractivity contribution < 1.29 is 4.79 Å². The van der Waals surface area contributed by atoms with Crippen LogP contribution in [0.3, 0.4) is 0 Å². The Bertz CT molecular complexity index is 1240. The Morgan fingerprint density at radius 2 is 1.91 bits per heavy atom. The van der Waals surface area contributed by atoms with E-state index < -0.39 is 0 Å². The minimum Gasteiger partial charge on any atom is -0.272 e. The van der Waals surface area contributed by atoms with Crippen molar-refractivity contribution in [1.82, 2.24) is 25.2 Å². The lowest BCUT2D eigenvalue weighted by molar-refractivity contribution is -0.118. The average Bonchev–Trinajstić information content (AvgIpc) is 3.23. The first kappa shape index (κ1) is 21.7. The zero-order valence-electron chi connectivity index (χ0n) is 17.1. The van der Waals surface area contributed by atoms with Gasteiger partial charge in [-0.15, -0.1) is 10.2 Å². The van der Waals surface area contributed by atoms with E-state index in [1.165, 1.54) is 11.8 Å². The molecule has 0 saturated carbocycles. The normalized spacial score (nSPS) is 11.1. The highest BCUT2D eigenvalue weighted by Crippen LogP contribution is 2.28. The summed E-state index contributed by atoms with van der Waals surface area (Å²) in [6, 6.07) is 18.9. The Morgan fingerprint density at radius 1 is 1.12 bits per heavy atom. The average molecular weight is 463 g/mol. The van der Waals surface area contributed by atoms with E-state index in [1.807, 2.05) is 60.0 Å². The lowest BCUT2D eigenvalue weighted by atomic mass is 10.2. The molecule has 0 fully saturated rings. The third-order valence-corrected chi connectivity index (χ3v) is 5.61. The zero-order valence-corrected chi connectivity index (χ0v) is 18.7. The molecule has 0 spiro atoms. The van der Waals surface area contributed by atoms with Crippen LogP contribution in [0, 0.1) is 6.92 Å². The number of carbonyl (C=O) groups excluding carboxylic acids is 1. The van der Waals surface area contributed by atoms with E-state index in [1.54, 1.807) is 30.7 Å². The Hall–Kier alpha value is -3.49. The van der Waals surface area contributed by atoms with E-state index in [0.29, 0.717) is 16.0 Å². The number of hydrazone groups is 1. The number of nitrogens with one attached hydrogen (secondary N) is 1. The fourth-order valence-corrected chi connectivity index (χ4v) is 3.84. The summed E-state index contributed by atoms with van der Waals surface area (Å²) < 4.78 is 1.89. The Labute approximate surface area is 194 Å². The number of hydrogen-bond donors (Lipinski definition) is 1. The molecule has 4 rings (SSSR count). The van der Waals surface area contributed by atoms with Crippen molar-refractivity contribution in [2.24, 2.45) is 5.10 Å². The van der Waals surface area contributed by atoms with Gasteiger partial charge >= 0.3 is 0 Å². The summed E-state index contributed by atoms with van der Waals surface area (Å²) in [7, 11) is 0. The number of halogens is 1. The summed E-state index contributed by atoms with van der Waals surface area (Å²) in [6.45, 7) is 2.00. The maximum Gasteiger partial charge on any atom is 0.250 e. The van der Waals surface area contributed by atoms with Crippen molar-refractivity contribution in [3.63, 3.8) is 0 Å². The molecule has 1 amide bonds. The topological polar surface area (TPSA) is 85.1 Å². The van der Waals surface area contributed by atoms with Crippen LogP contribution in [-0.2, 0) is 4.79 Å². The van der Waals surface area contributed by atoms with Crippen molar-refractivity contribution in [2.75, 3.05) is 5.75 Å². The van der Waals surface area contributed by atoms with Crippen LogP contribution in [0.4, 0.5) is 0 Å². The van der Waals surface area contributed by atoms with Crippen molar-refractivity contribution in [3.05, 3.63) is 89.2 Å². The first-order valence-electron chi connectivity index (χ1n) is 9.73. The molecule has 0 aliphatic rings. The lowest BCUT2D eigenvalue weighted by Gasteiger charge is -2.10. The number of thioether (sulfide) groups is 1. The SMILES string of the molecule is Cc1cccc(/C=N\NC(=O)CSc2nnc(-c3ccncc3)n2-c2ccc(Cl)cc2)c1. The number of hydrogen-bond acceptors (Lipinski definition) is 6. The molecule has 7 nitrogen and oxygen atoms in total. The second-order valence-electron chi connectivity index (χ2n) is 6.85. The highest BCUT2D eigenvalue weighted by molar-refractivity contribution is 7.99. The largest absolute Gasteiger partial charge is 0.272 e. The second kappa shape index (κ2) is 10.2. The van der Waals surface area contributed by atoms with E-state index in [9.17, 15) is 4.79 Å². The van der Waals surface area contributed by atoms with Gasteiger partial charge in [0.05, 0.1) is 12.0 Å². The molecule has 0 saturated heterocycles. The Balaban J connectivity index is 1.50. The fraction of sp³-hybridized carbons (Fsp3) is 0.0870. The Morgan fingerprint density at radius 3 is 2.66 bits per heavy atom. The quantitative estimate of drug-likeness (QED) is 0.248. The second-order valence-corrected chi connectivity index (χ2v) is 8.23. The van der Waals surface area contributed by atoms with Gasteiger partial charge in [-0.3, -0.25) is 14.3 Å². The molecule has 0 unspecified atom stereocenters. The van der Waals surface area contributed by atoms with Gasteiger partial charge in [-0.2, -0.15) is 5.10 Å². The minimum atomic E-state index is -0.241. The third-order valence-electron chi connectivity index (χ3n) is 4.43. The van der Waals surface area contributed by atoms with Crippen LogP contribution >= 0.6 is 23.4 Å². The predicted molar refractivity (Wildman–Crippen MR) is 127 cm³/mol. The van der Waals surface area contributed by atoms with Crippen molar-refractivity contribution in [2.45, 2.75) is 12.1 Å². The number of benzene rings is 2. The van der Waals surface area contributed by atoms with Gasteiger partial charge in [0.25, 0.3) is 5.91 Å². The maximum atomic E-state index is 12.3. The van der Waals surface area contributed by atoms with Gasteiger partial charge in [0, 0.05) is 28.7 Å². The third kappa shape index (κ3) is 5.40. The molecular weight excluding hydrogens is 444 g/mol. The van der Waals surface area contributed by atoms with E-state index in [0.717, 1.165) is 22.4 Å². The number of amides is 1. The first-order chi connectivity index (χ1) is 15.6. The number of aryl methyl sites for hydroxylation is 1.